The van der Waals surface area contributed by atoms with Gasteiger partial charge in [0.2, 0.25) is 0 Å². The van der Waals surface area contributed by atoms with E-state index in [1.54, 1.807) is 24.5 Å². The Labute approximate surface area is 135 Å². The summed E-state index contributed by atoms with van der Waals surface area (Å²) in [4.78, 5) is 2.19. The van der Waals surface area contributed by atoms with E-state index in [0.29, 0.717) is 18.0 Å². The van der Waals surface area contributed by atoms with E-state index < -0.39 is 6.10 Å². The summed E-state index contributed by atoms with van der Waals surface area (Å²) in [7, 11) is 0. The van der Waals surface area contributed by atoms with Crippen molar-refractivity contribution < 1.29 is 9.50 Å². The van der Waals surface area contributed by atoms with Crippen LogP contribution in [0.25, 0.3) is 0 Å². The van der Waals surface area contributed by atoms with Crippen molar-refractivity contribution in [3.05, 3.63) is 47.8 Å². The number of rotatable bonds is 5. The zero-order chi connectivity index (χ0) is 16.2. The highest BCUT2D eigenvalue weighted by Crippen LogP contribution is 2.27. The first kappa shape index (κ1) is 16.1. The van der Waals surface area contributed by atoms with Crippen LogP contribution in [0.4, 0.5) is 4.39 Å². The zero-order valence-corrected chi connectivity index (χ0v) is 13.4. The fraction of sp³-hybridized carbons (Fsp3) is 0.529. The van der Waals surface area contributed by atoms with E-state index in [1.807, 2.05) is 0 Å². The van der Waals surface area contributed by atoms with Crippen LogP contribution in [0.3, 0.4) is 0 Å². The van der Waals surface area contributed by atoms with Gasteiger partial charge in [-0.25, -0.2) is 4.39 Å². The Bertz CT molecular complexity index is 645. The summed E-state index contributed by atoms with van der Waals surface area (Å²) >= 11 is 0. The number of piperidine rings is 1. The second kappa shape index (κ2) is 7.19. The van der Waals surface area contributed by atoms with Gasteiger partial charge >= 0.3 is 0 Å². The second-order valence-corrected chi connectivity index (χ2v) is 6.11. The minimum absolute atomic E-state index is 0.319. The average molecular weight is 318 g/mol. The van der Waals surface area contributed by atoms with Crippen LogP contribution in [-0.4, -0.2) is 44.4 Å². The molecule has 5 nitrogen and oxygen atoms in total. The number of hydrogen-bond donors (Lipinski definition) is 1. The minimum atomic E-state index is -0.806. The first-order chi connectivity index (χ1) is 11.2. The molecule has 0 bridgehead atoms. The van der Waals surface area contributed by atoms with Crippen molar-refractivity contribution in [2.75, 3.05) is 19.6 Å². The molecule has 23 heavy (non-hydrogen) atoms. The highest BCUT2D eigenvalue weighted by atomic mass is 19.1. The Kier molecular flexibility index (Phi) is 5.03. The van der Waals surface area contributed by atoms with Gasteiger partial charge in [-0.05, 0) is 32.4 Å². The topological polar surface area (TPSA) is 54.2 Å². The predicted molar refractivity (Wildman–Crippen MR) is 85.5 cm³/mol. The number of likely N-dealkylation sites (tertiary alicyclic amines) is 1. The summed E-state index contributed by atoms with van der Waals surface area (Å²) in [5.41, 5.74) is 0.367. The van der Waals surface area contributed by atoms with Crippen LogP contribution in [0.5, 0.6) is 0 Å². The van der Waals surface area contributed by atoms with Gasteiger partial charge in [0, 0.05) is 31.1 Å². The molecule has 124 valence electrons. The molecule has 0 radical (unpaired) electrons. The minimum Gasteiger partial charge on any atom is -0.387 e. The molecule has 2 heterocycles. The van der Waals surface area contributed by atoms with E-state index in [0.717, 1.165) is 38.3 Å². The van der Waals surface area contributed by atoms with Gasteiger partial charge in [0.05, 0.1) is 6.10 Å². The van der Waals surface area contributed by atoms with Gasteiger partial charge in [0.15, 0.2) is 0 Å². The fourth-order valence-corrected chi connectivity index (χ4v) is 3.34. The SMILES string of the molecule is CCn1cnnc1C1CCCN(CC(O)c2ccccc2F)C1. The lowest BCUT2D eigenvalue weighted by molar-refractivity contribution is 0.0916. The van der Waals surface area contributed by atoms with E-state index in [1.165, 1.54) is 6.07 Å². The standard InChI is InChI=1S/C17H23FN4O/c1-2-22-12-19-20-17(22)13-6-5-9-21(10-13)11-16(23)14-7-3-4-8-15(14)18/h3-4,7-8,12-13,16,23H,2,5-6,9-11H2,1H3. The van der Waals surface area contributed by atoms with Crippen LogP contribution in [0.1, 0.15) is 43.2 Å². The van der Waals surface area contributed by atoms with E-state index >= 15 is 0 Å². The number of aromatic nitrogens is 3. The van der Waals surface area contributed by atoms with Gasteiger partial charge in [0.1, 0.15) is 18.0 Å². The molecule has 2 unspecified atom stereocenters. The molecule has 1 fully saturated rings. The molecular weight excluding hydrogens is 295 g/mol. The van der Waals surface area contributed by atoms with Crippen LogP contribution < -0.4 is 0 Å². The summed E-state index contributed by atoms with van der Waals surface area (Å²) in [6.45, 7) is 5.12. The van der Waals surface area contributed by atoms with Gasteiger partial charge in [-0.3, -0.25) is 4.90 Å². The van der Waals surface area contributed by atoms with Crippen molar-refractivity contribution in [3.63, 3.8) is 0 Å². The van der Waals surface area contributed by atoms with Crippen LogP contribution >= 0.6 is 0 Å². The molecule has 6 heteroatoms. The molecule has 1 aliphatic rings. The van der Waals surface area contributed by atoms with Crippen LogP contribution in [0.2, 0.25) is 0 Å². The Morgan fingerprint density at radius 2 is 2.22 bits per heavy atom. The van der Waals surface area contributed by atoms with Crippen molar-refractivity contribution in [2.24, 2.45) is 0 Å². The van der Waals surface area contributed by atoms with Crippen LogP contribution in [0.15, 0.2) is 30.6 Å². The van der Waals surface area contributed by atoms with Gasteiger partial charge in [-0.1, -0.05) is 18.2 Å². The Morgan fingerprint density at radius 1 is 1.39 bits per heavy atom. The Balaban J connectivity index is 1.66. The van der Waals surface area contributed by atoms with Gasteiger partial charge in [-0.15, -0.1) is 10.2 Å². The Hall–Kier alpha value is -1.79. The number of nitrogens with zero attached hydrogens (tertiary/aromatic N) is 4. The highest BCUT2D eigenvalue weighted by molar-refractivity contribution is 5.20. The van der Waals surface area contributed by atoms with E-state index in [9.17, 15) is 9.50 Å². The molecule has 0 aliphatic carbocycles. The maximum absolute atomic E-state index is 13.8. The summed E-state index contributed by atoms with van der Waals surface area (Å²) in [5.74, 6) is 0.982. The smallest absolute Gasteiger partial charge is 0.137 e. The molecular formula is C17H23FN4O. The molecule has 1 aromatic heterocycles. The lowest BCUT2D eigenvalue weighted by atomic mass is 9.96. The molecule has 0 saturated carbocycles. The third-order valence-electron chi connectivity index (χ3n) is 4.55. The lowest BCUT2D eigenvalue weighted by Crippen LogP contribution is -2.38. The number of aryl methyl sites for hydroxylation is 1. The highest BCUT2D eigenvalue weighted by Gasteiger charge is 2.27. The first-order valence-electron chi connectivity index (χ1n) is 8.21. The molecule has 1 saturated heterocycles. The number of benzene rings is 1. The third-order valence-corrected chi connectivity index (χ3v) is 4.55. The maximum Gasteiger partial charge on any atom is 0.137 e. The predicted octanol–water partition coefficient (Wildman–Crippen LogP) is 2.35. The molecule has 2 aromatic rings. The maximum atomic E-state index is 13.8. The molecule has 1 aromatic carbocycles. The Morgan fingerprint density at radius 3 is 3.00 bits per heavy atom. The van der Waals surface area contributed by atoms with Crippen molar-refractivity contribution in [2.45, 2.75) is 38.3 Å². The van der Waals surface area contributed by atoms with Crippen LogP contribution in [0, 0.1) is 5.82 Å². The normalized spacial score (nSPS) is 20.6. The summed E-state index contributed by atoms with van der Waals surface area (Å²) < 4.78 is 15.9. The number of β-amino-alcohol motifs (C(OH)–C–C–N with tert-alkyl or cyclic N) is 1. The summed E-state index contributed by atoms with van der Waals surface area (Å²) in [6, 6.07) is 6.43. The van der Waals surface area contributed by atoms with Crippen molar-refractivity contribution >= 4 is 0 Å². The lowest BCUT2D eigenvalue weighted by Gasteiger charge is -2.33. The monoisotopic (exact) mass is 318 g/mol. The number of hydrogen-bond acceptors (Lipinski definition) is 4. The molecule has 0 spiro atoms. The molecule has 2 atom stereocenters. The average Bonchev–Trinajstić information content (AvgIpc) is 3.04. The van der Waals surface area contributed by atoms with Crippen molar-refractivity contribution in [1.82, 2.24) is 19.7 Å². The summed E-state index contributed by atoms with van der Waals surface area (Å²) in [5, 5.41) is 18.6. The quantitative estimate of drug-likeness (QED) is 0.919. The number of aliphatic hydroxyl groups is 1. The molecule has 0 amide bonds. The summed E-state index contributed by atoms with van der Waals surface area (Å²) in [6.07, 6.45) is 3.08. The van der Waals surface area contributed by atoms with E-state index in [4.69, 9.17) is 0 Å². The van der Waals surface area contributed by atoms with Crippen molar-refractivity contribution in [3.8, 4) is 0 Å². The first-order valence-corrected chi connectivity index (χ1v) is 8.21. The van der Waals surface area contributed by atoms with Crippen LogP contribution in [-0.2, 0) is 6.54 Å². The number of halogens is 1. The zero-order valence-electron chi connectivity index (χ0n) is 13.4. The molecule has 3 rings (SSSR count). The van der Waals surface area contributed by atoms with Crippen molar-refractivity contribution in [1.29, 1.82) is 0 Å². The van der Waals surface area contributed by atoms with E-state index in [2.05, 4.69) is 26.6 Å². The molecule has 1 aliphatic heterocycles. The fourth-order valence-electron chi connectivity index (χ4n) is 3.34. The number of aliphatic hydroxyl groups excluding tert-OH is 1. The second-order valence-electron chi connectivity index (χ2n) is 6.11. The van der Waals surface area contributed by atoms with Gasteiger partial charge in [0.25, 0.3) is 0 Å². The molecule has 1 N–H and O–H groups in total. The third kappa shape index (κ3) is 3.59. The van der Waals surface area contributed by atoms with Gasteiger partial charge < -0.3 is 9.67 Å². The van der Waals surface area contributed by atoms with E-state index in [-0.39, 0.29) is 5.82 Å². The van der Waals surface area contributed by atoms with Gasteiger partial charge in [-0.2, -0.15) is 0 Å². The largest absolute Gasteiger partial charge is 0.387 e.